The van der Waals surface area contributed by atoms with Gasteiger partial charge in [0.15, 0.2) is 0 Å². The molecular weight excluding hydrogens is 1090 g/mol. The summed E-state index contributed by atoms with van der Waals surface area (Å²) < 4.78 is 0. The first kappa shape index (κ1) is 66.4. The molecule has 82 heavy (non-hydrogen) atoms. The Labute approximate surface area is 477 Å². The largest absolute Gasteiger partial charge is 0.480 e. The number of carbonyl (C=O) groups is 11. The van der Waals surface area contributed by atoms with E-state index in [0.717, 1.165) is 28.7 Å². The van der Waals surface area contributed by atoms with Gasteiger partial charge in [0.25, 0.3) is 0 Å². The van der Waals surface area contributed by atoms with Crippen LogP contribution in [0.5, 0.6) is 0 Å². The lowest BCUT2D eigenvalue weighted by atomic mass is 10.0. The lowest BCUT2D eigenvalue weighted by molar-refractivity contribution is -0.142. The van der Waals surface area contributed by atoms with Crippen molar-refractivity contribution in [3.05, 3.63) is 72.1 Å². The third-order valence-corrected chi connectivity index (χ3v) is 13.6. The Kier molecular flexibility index (Phi) is 25.7. The average Bonchev–Trinajstić information content (AvgIpc) is 4.25. The summed E-state index contributed by atoms with van der Waals surface area (Å²) in [5.41, 5.74) is 19.2. The highest BCUT2D eigenvalue weighted by Gasteiger charge is 2.37. The third-order valence-electron chi connectivity index (χ3n) is 13.2. The average molecular weight is 1170 g/mol. The summed E-state index contributed by atoms with van der Waals surface area (Å²) >= 11 is 4.27. The van der Waals surface area contributed by atoms with Crippen LogP contribution in [0.3, 0.4) is 0 Å². The number of carbonyl (C=O) groups excluding carboxylic acids is 10. The quantitative estimate of drug-likeness (QED) is 0.0161. The highest BCUT2D eigenvalue weighted by Crippen LogP contribution is 2.21. The van der Waals surface area contributed by atoms with Gasteiger partial charge in [-0.15, -0.1) is 0 Å². The number of benzene rings is 2. The number of hydrogen-bond acceptors (Lipinski definition) is 16. The Morgan fingerprint density at radius 2 is 0.988 bits per heavy atom. The Morgan fingerprint density at radius 1 is 0.549 bits per heavy atom. The van der Waals surface area contributed by atoms with Crippen LogP contribution in [0.2, 0.25) is 0 Å². The van der Waals surface area contributed by atoms with Crippen molar-refractivity contribution in [1.82, 2.24) is 57.8 Å². The molecule has 0 radical (unpaired) electrons. The number of fused-ring (bicyclic) bond motifs is 2. The fourth-order valence-electron chi connectivity index (χ4n) is 8.50. The molecule has 2 aromatic heterocycles. The summed E-state index contributed by atoms with van der Waals surface area (Å²) in [6.45, 7) is 6.27. The van der Waals surface area contributed by atoms with E-state index in [0.29, 0.717) is 24.0 Å². The molecule has 0 fully saturated rings. The molecule has 0 bridgehead atoms. The van der Waals surface area contributed by atoms with Crippen LogP contribution in [0.1, 0.15) is 71.4 Å². The maximum atomic E-state index is 14.1. The SMILES string of the molecule is CC(C)[C@H](NC(=O)[C@@H](NC(=O)[C@H](CC(N)=O)NC(=O)[C@@H](N)CO)[C@@H](C)O)C(=O)N[C@@H](CCCCN)C(=O)N[C@@H](C)C(=O)N[C@@H](C)C(=O)N[C@@H](CS)C(=O)N[C@@H](Cc1c[nH]c2ccccc12)C(=O)N[C@@H](Cc1c[nH]c2ccccc12)C(=O)O. The summed E-state index contributed by atoms with van der Waals surface area (Å²) in [6, 6.07) is -0.0256. The predicted molar refractivity (Wildman–Crippen MR) is 303 cm³/mol. The van der Waals surface area contributed by atoms with Crippen LogP contribution in [-0.2, 0) is 65.6 Å². The van der Waals surface area contributed by atoms with E-state index in [2.05, 4.69) is 70.4 Å². The molecule has 0 saturated heterocycles. The summed E-state index contributed by atoms with van der Waals surface area (Å²) in [6.07, 6.45) is 1.50. The third kappa shape index (κ3) is 19.3. The fourth-order valence-corrected chi connectivity index (χ4v) is 8.76. The first-order chi connectivity index (χ1) is 38.8. The van der Waals surface area contributed by atoms with Crippen LogP contribution in [-0.4, -0.2) is 176 Å². The molecule has 4 rings (SSSR count). The van der Waals surface area contributed by atoms with Gasteiger partial charge in [-0.05, 0) is 75.8 Å². The van der Waals surface area contributed by atoms with Crippen LogP contribution in [0.4, 0.5) is 0 Å². The molecule has 0 unspecified atom stereocenters. The van der Waals surface area contributed by atoms with Crippen molar-refractivity contribution in [3.63, 3.8) is 0 Å². The molecule has 11 atom stereocenters. The van der Waals surface area contributed by atoms with Crippen molar-refractivity contribution in [2.75, 3.05) is 18.9 Å². The Bertz CT molecular complexity index is 2910. The number of nitrogens with two attached hydrogens (primary N) is 3. The van der Waals surface area contributed by atoms with Gasteiger partial charge >= 0.3 is 5.97 Å². The molecule has 2 heterocycles. The molecule has 0 aliphatic carbocycles. The van der Waals surface area contributed by atoms with Crippen molar-refractivity contribution >= 4 is 99.5 Å². The van der Waals surface area contributed by atoms with Gasteiger partial charge in [0, 0.05) is 52.8 Å². The summed E-state index contributed by atoms with van der Waals surface area (Å²) in [4.78, 5) is 152. The second kappa shape index (κ2) is 31.8. The van der Waals surface area contributed by atoms with E-state index >= 15 is 0 Å². The van der Waals surface area contributed by atoms with E-state index in [-0.39, 0.29) is 31.6 Å². The summed E-state index contributed by atoms with van der Waals surface area (Å²) in [7, 11) is 0. The molecule has 10 amide bonds. The van der Waals surface area contributed by atoms with Gasteiger partial charge in [-0.2, -0.15) is 12.6 Å². The van der Waals surface area contributed by atoms with Crippen molar-refractivity contribution in [2.45, 2.75) is 140 Å². The number of aliphatic carboxylic acids is 1. The van der Waals surface area contributed by atoms with Gasteiger partial charge in [0.1, 0.15) is 60.4 Å². The number of hydrogen-bond donors (Lipinski definition) is 18. The summed E-state index contributed by atoms with van der Waals surface area (Å²) in [5.74, 6) is -11.7. The molecule has 2 aromatic carbocycles. The lowest BCUT2D eigenvalue weighted by Crippen LogP contribution is -2.62. The molecule has 0 aliphatic rings. The zero-order valence-electron chi connectivity index (χ0n) is 46.1. The van der Waals surface area contributed by atoms with E-state index in [4.69, 9.17) is 17.2 Å². The predicted octanol–water partition coefficient (Wildman–Crippen LogP) is -3.79. The van der Waals surface area contributed by atoms with Gasteiger partial charge in [0.05, 0.1) is 19.1 Å². The van der Waals surface area contributed by atoms with Crippen molar-refractivity contribution in [2.24, 2.45) is 23.1 Å². The second-order valence-electron chi connectivity index (χ2n) is 20.1. The zero-order valence-corrected chi connectivity index (χ0v) is 47.0. The maximum absolute atomic E-state index is 14.1. The standard InChI is InChI=1S/C53H76N14O14S/c1-25(2)42(66-52(79)43(28(5)69)67-49(76)38(20-41(56)70)62-46(73)33(55)23-68)51(78)61-36(16-10-11-17-54)47(74)60-26(3)44(71)59-27(4)45(72)65-40(24-82)50(77)63-37(18-29-21-57-34-14-8-6-12-31(29)34)48(75)64-39(53(80)81)19-30-22-58-35-15-9-7-13-32(30)35/h6-9,12-15,21-22,25-28,33,36-40,42-43,57-58,68-69,82H,10-11,16-20,23-24,54-55H2,1-5H3,(H2,56,70)(H,59,71)(H,60,74)(H,61,78)(H,62,73)(H,63,77)(H,64,75)(H,65,72)(H,66,79)(H,67,76)(H,80,81)/t26-,27-,28+,33-,36-,37-,38-,39-,40-,42-,43-/m0/s1. The first-order valence-electron chi connectivity index (χ1n) is 26.5. The van der Waals surface area contributed by atoms with Crippen LogP contribution in [0.25, 0.3) is 21.8 Å². The monoisotopic (exact) mass is 1160 g/mol. The van der Waals surface area contributed by atoms with Gasteiger partial charge < -0.3 is 90.3 Å². The molecule has 448 valence electrons. The Morgan fingerprint density at radius 3 is 1.50 bits per heavy atom. The number of aliphatic hydroxyl groups excluding tert-OH is 2. The van der Waals surface area contributed by atoms with Crippen molar-refractivity contribution in [1.29, 1.82) is 0 Å². The van der Waals surface area contributed by atoms with Crippen LogP contribution in [0.15, 0.2) is 60.9 Å². The minimum Gasteiger partial charge on any atom is -0.480 e. The number of amides is 10. The van der Waals surface area contributed by atoms with E-state index < -0.39 is 151 Å². The maximum Gasteiger partial charge on any atom is 0.326 e. The van der Waals surface area contributed by atoms with Gasteiger partial charge in [-0.1, -0.05) is 50.2 Å². The smallest absolute Gasteiger partial charge is 0.326 e. The summed E-state index contributed by atoms with van der Waals surface area (Å²) in [5, 5.41) is 53.6. The van der Waals surface area contributed by atoms with Gasteiger partial charge in [0.2, 0.25) is 59.1 Å². The second-order valence-corrected chi connectivity index (χ2v) is 20.5. The molecule has 0 saturated carbocycles. The molecule has 0 spiro atoms. The number of H-pyrrole nitrogens is 2. The molecular formula is C53H76N14O14S. The minimum absolute atomic E-state index is 0.00256. The van der Waals surface area contributed by atoms with E-state index in [1.807, 2.05) is 36.4 Å². The number of rotatable bonds is 33. The lowest BCUT2D eigenvalue weighted by Gasteiger charge is -2.29. The number of carboxylic acid groups (broad SMARTS) is 1. The van der Waals surface area contributed by atoms with Gasteiger partial charge in [-0.3, -0.25) is 47.9 Å². The number of carboxylic acids is 1. The molecule has 28 nitrogen and oxygen atoms in total. The number of para-hydroxylation sites is 2. The number of aliphatic hydroxyl groups is 2. The first-order valence-corrected chi connectivity index (χ1v) is 27.1. The zero-order chi connectivity index (χ0) is 61.0. The Hall–Kier alpha value is -8.12. The number of primary amides is 1. The number of aromatic amines is 2. The Balaban J connectivity index is 1.42. The van der Waals surface area contributed by atoms with E-state index in [9.17, 15) is 68.1 Å². The molecule has 0 aliphatic heterocycles. The van der Waals surface area contributed by atoms with Gasteiger partial charge in [-0.25, -0.2) is 4.79 Å². The number of thiol groups is 1. The molecule has 4 aromatic rings. The highest BCUT2D eigenvalue weighted by atomic mass is 32.1. The molecule has 20 N–H and O–H groups in total. The fraction of sp³-hybridized carbons (Fsp3) is 0.491. The molecule has 29 heteroatoms. The van der Waals surface area contributed by atoms with Crippen LogP contribution in [0, 0.1) is 5.92 Å². The number of aromatic nitrogens is 2. The number of nitrogens with one attached hydrogen (secondary N) is 11. The van der Waals surface area contributed by atoms with Crippen LogP contribution >= 0.6 is 12.6 Å². The number of unbranched alkanes of at least 4 members (excludes halogenated alkanes) is 1. The van der Waals surface area contributed by atoms with Crippen LogP contribution < -0.4 is 65.1 Å². The van der Waals surface area contributed by atoms with E-state index in [1.165, 1.54) is 13.8 Å². The highest BCUT2D eigenvalue weighted by molar-refractivity contribution is 7.80. The minimum atomic E-state index is -1.77. The van der Waals surface area contributed by atoms with Crippen molar-refractivity contribution in [3.8, 4) is 0 Å². The topological polar surface area (TPSA) is 466 Å². The van der Waals surface area contributed by atoms with E-state index in [1.54, 1.807) is 38.4 Å². The normalized spacial score (nSPS) is 15.4. The van der Waals surface area contributed by atoms with Crippen molar-refractivity contribution < 1.29 is 68.1 Å².